The molecule has 20 N–H and O–H groups in total. The third-order valence-electron chi connectivity index (χ3n) is 9.37. The zero-order valence-corrected chi connectivity index (χ0v) is 36.2. The topological polar surface area (TPSA) is 442 Å². The van der Waals surface area contributed by atoms with Crippen LogP contribution < -0.4 is 65.5 Å². The van der Waals surface area contributed by atoms with Crippen LogP contribution in [-0.2, 0) is 43.2 Å². The molecule has 25 nitrogen and oxygen atoms in total. The Morgan fingerprint density at radius 2 is 1.02 bits per heavy atom. The highest BCUT2D eigenvalue weighted by atomic mass is 16.4. The van der Waals surface area contributed by atoms with Crippen molar-refractivity contribution >= 4 is 65.2 Å². The van der Waals surface area contributed by atoms with E-state index in [1.54, 1.807) is 41.5 Å². The van der Waals surface area contributed by atoms with E-state index < -0.39 is 120 Å². The maximum Gasteiger partial charge on any atom is 0.326 e. The summed E-state index contributed by atoms with van der Waals surface area (Å²) in [5.74, 6) is -11.4. The van der Waals surface area contributed by atoms with Crippen LogP contribution in [0.4, 0.5) is 0 Å². The Bertz CT molecular complexity index is 1590. The van der Waals surface area contributed by atoms with Crippen molar-refractivity contribution in [3.8, 4) is 0 Å². The van der Waals surface area contributed by atoms with Crippen molar-refractivity contribution in [1.29, 1.82) is 10.8 Å². The average molecular weight is 885 g/mol. The molecule has 25 heteroatoms. The molecule has 62 heavy (non-hydrogen) atoms. The highest BCUT2D eigenvalue weighted by Gasteiger charge is 2.36. The van der Waals surface area contributed by atoms with E-state index >= 15 is 0 Å². The lowest BCUT2D eigenvalue weighted by molar-refractivity contribution is -0.147. The summed E-state index contributed by atoms with van der Waals surface area (Å²) >= 11 is 0. The van der Waals surface area contributed by atoms with Gasteiger partial charge >= 0.3 is 11.9 Å². The summed E-state index contributed by atoms with van der Waals surface area (Å²) in [6.45, 7) is 10.3. The van der Waals surface area contributed by atoms with E-state index in [1.807, 2.05) is 0 Å². The number of carbonyl (C=O) groups excluding carboxylic acids is 7. The van der Waals surface area contributed by atoms with Gasteiger partial charge in [-0.25, -0.2) is 4.79 Å². The fourth-order valence-electron chi connectivity index (χ4n) is 5.78. The van der Waals surface area contributed by atoms with Gasteiger partial charge < -0.3 is 75.7 Å². The number of aliphatic carboxylic acids is 2. The van der Waals surface area contributed by atoms with Crippen LogP contribution in [0.1, 0.15) is 92.9 Å². The van der Waals surface area contributed by atoms with E-state index in [0.717, 1.165) is 0 Å². The number of primary amides is 1. The van der Waals surface area contributed by atoms with Crippen LogP contribution in [0, 0.1) is 28.6 Å². The van der Waals surface area contributed by atoms with Crippen molar-refractivity contribution in [2.45, 2.75) is 135 Å². The Morgan fingerprint density at radius 3 is 1.48 bits per heavy atom. The molecule has 0 radical (unpaired) electrons. The van der Waals surface area contributed by atoms with E-state index in [0.29, 0.717) is 12.8 Å². The van der Waals surface area contributed by atoms with Crippen molar-refractivity contribution in [2.75, 3.05) is 13.1 Å². The molecule has 0 heterocycles. The van der Waals surface area contributed by atoms with E-state index in [4.69, 9.17) is 38.9 Å². The van der Waals surface area contributed by atoms with Crippen LogP contribution in [0.15, 0.2) is 0 Å². The molecule has 0 saturated heterocycles. The first-order valence-corrected chi connectivity index (χ1v) is 20.3. The number of guanidine groups is 2. The van der Waals surface area contributed by atoms with Crippen LogP contribution in [-0.4, -0.2) is 131 Å². The number of carboxylic acid groups (broad SMARTS) is 2. The number of nitrogens with one attached hydrogen (secondary N) is 10. The highest BCUT2D eigenvalue weighted by molar-refractivity contribution is 5.98. The number of carbonyl (C=O) groups is 9. The van der Waals surface area contributed by atoms with Gasteiger partial charge in [-0.15, -0.1) is 0 Å². The molecule has 0 saturated carbocycles. The molecular weight excluding hydrogens is 816 g/mol. The van der Waals surface area contributed by atoms with Gasteiger partial charge in [0.05, 0.1) is 18.9 Å². The summed E-state index contributed by atoms with van der Waals surface area (Å²) in [7, 11) is 0. The molecule has 0 aromatic rings. The molecule has 0 aromatic carbocycles. The van der Waals surface area contributed by atoms with Gasteiger partial charge in [-0.1, -0.05) is 48.0 Å². The van der Waals surface area contributed by atoms with Crippen LogP contribution >= 0.6 is 0 Å². The third-order valence-corrected chi connectivity index (χ3v) is 9.37. The molecular formula is C37H68N14O11. The Hall–Kier alpha value is -6.27. The second-order valence-corrected chi connectivity index (χ2v) is 15.7. The number of amides is 7. The number of carboxylic acids is 2. The quantitative estimate of drug-likeness (QED) is 0.0185. The number of hydrogen-bond donors (Lipinski definition) is 16. The fraction of sp³-hybridized carbons (Fsp3) is 0.703. The Morgan fingerprint density at radius 1 is 0.565 bits per heavy atom. The summed E-state index contributed by atoms with van der Waals surface area (Å²) < 4.78 is 0. The minimum Gasteiger partial charge on any atom is -0.481 e. The van der Waals surface area contributed by atoms with E-state index in [1.165, 1.54) is 0 Å². The normalized spacial score (nSPS) is 14.9. The monoisotopic (exact) mass is 885 g/mol. The second-order valence-electron chi connectivity index (χ2n) is 15.7. The molecule has 0 aliphatic carbocycles. The van der Waals surface area contributed by atoms with Crippen molar-refractivity contribution in [3.63, 3.8) is 0 Å². The van der Waals surface area contributed by atoms with Gasteiger partial charge in [-0.3, -0.25) is 49.2 Å². The molecule has 352 valence electrons. The van der Waals surface area contributed by atoms with Crippen LogP contribution in [0.25, 0.3) is 0 Å². The highest BCUT2D eigenvalue weighted by Crippen LogP contribution is 2.12. The molecule has 0 aliphatic heterocycles. The lowest BCUT2D eigenvalue weighted by Crippen LogP contribution is -2.61. The molecule has 7 amide bonds. The third kappa shape index (κ3) is 22.4. The standard InChI is InChI=1S/C37H68N14O11/c1-7-19(6)28(51-29(55)20(38)10-8-12-44-36(40)41)34(60)48-23(15-25(39)52)31(57)46-21(11-9-13-45-37(42)43)30(56)47-22(14-17(2)3)32(58)50-27(18(4)5)33(59)49-24(35(61)62)16-26(53)54/h17-24,27-28H,7-16,38H2,1-6H3,(H2,39,52)(H,46,57)(H,47,56)(H,48,60)(H,49,59)(H,50,58)(H,51,55)(H,53,54)(H,61,62)(H4,40,41,44)(H4,42,43,45)/t19-,20-,21-,22-,23-,24-,27-,28-/m0/s1. The molecule has 0 rings (SSSR count). The number of rotatable bonds is 30. The first-order chi connectivity index (χ1) is 28.8. The maximum absolute atomic E-state index is 13.9. The summed E-state index contributed by atoms with van der Waals surface area (Å²) in [4.78, 5) is 116. The number of nitrogens with two attached hydrogens (primary N) is 4. The second kappa shape index (κ2) is 28.3. The molecule has 0 aliphatic rings. The molecule has 8 atom stereocenters. The Labute approximate surface area is 360 Å². The lowest BCUT2D eigenvalue weighted by Gasteiger charge is -2.29. The number of hydrogen-bond acceptors (Lipinski definition) is 12. The predicted octanol–water partition coefficient (Wildman–Crippen LogP) is -4.07. The lowest BCUT2D eigenvalue weighted by atomic mass is 9.97. The first-order valence-electron chi connectivity index (χ1n) is 20.3. The zero-order valence-electron chi connectivity index (χ0n) is 36.2. The summed E-state index contributed by atoms with van der Waals surface area (Å²) in [6.07, 6.45) is -0.725. The summed E-state index contributed by atoms with van der Waals surface area (Å²) in [6, 6.07) is -9.88. The average Bonchev–Trinajstić information content (AvgIpc) is 3.16. The Balaban J connectivity index is 6.48. The SMILES string of the molecule is CC[C@H](C)[C@H](NC(=O)[C@@H](N)CCCNC(=N)N)C(=O)N[C@@H](CC(N)=O)C(=O)N[C@@H](CCCNC(=N)N)C(=O)N[C@@H](CC(C)C)C(=O)N[C@H](C(=O)N[C@@H](CC(=O)O)C(=O)O)C(C)C. The van der Waals surface area contributed by atoms with Crippen LogP contribution in [0.2, 0.25) is 0 Å². The minimum absolute atomic E-state index is 0.00930. The van der Waals surface area contributed by atoms with Crippen molar-refractivity contribution in [1.82, 2.24) is 42.5 Å². The molecule has 0 bridgehead atoms. The van der Waals surface area contributed by atoms with E-state index in [9.17, 15) is 48.3 Å². The van der Waals surface area contributed by atoms with Crippen LogP contribution in [0.5, 0.6) is 0 Å². The van der Waals surface area contributed by atoms with E-state index in [2.05, 4.69) is 42.5 Å². The van der Waals surface area contributed by atoms with Crippen LogP contribution in [0.3, 0.4) is 0 Å². The minimum atomic E-state index is -1.80. The predicted molar refractivity (Wildman–Crippen MR) is 225 cm³/mol. The van der Waals surface area contributed by atoms with Gasteiger partial charge in [0.2, 0.25) is 41.4 Å². The molecule has 0 unspecified atom stereocenters. The summed E-state index contributed by atoms with van der Waals surface area (Å²) in [5.41, 5.74) is 22.1. The van der Waals surface area contributed by atoms with Crippen molar-refractivity contribution in [2.24, 2.45) is 40.7 Å². The van der Waals surface area contributed by atoms with Gasteiger partial charge in [0.1, 0.15) is 36.3 Å². The molecule has 0 aromatic heterocycles. The first kappa shape index (κ1) is 55.7. The van der Waals surface area contributed by atoms with Gasteiger partial charge in [-0.05, 0) is 49.9 Å². The van der Waals surface area contributed by atoms with Gasteiger partial charge in [0.25, 0.3) is 0 Å². The van der Waals surface area contributed by atoms with E-state index in [-0.39, 0.29) is 56.6 Å². The maximum atomic E-state index is 13.9. The molecule has 0 fully saturated rings. The zero-order chi connectivity index (χ0) is 47.9. The van der Waals surface area contributed by atoms with Crippen molar-refractivity contribution in [3.05, 3.63) is 0 Å². The Kier molecular flexibility index (Phi) is 25.4. The smallest absolute Gasteiger partial charge is 0.326 e. The summed E-state index contributed by atoms with van der Waals surface area (Å²) in [5, 5.41) is 53.0. The fourth-order valence-corrected chi connectivity index (χ4v) is 5.78. The molecule has 0 spiro atoms. The van der Waals surface area contributed by atoms with Gasteiger partial charge in [0, 0.05) is 13.1 Å². The largest absolute Gasteiger partial charge is 0.481 e. The van der Waals surface area contributed by atoms with Gasteiger partial charge in [0.15, 0.2) is 11.9 Å². The van der Waals surface area contributed by atoms with Crippen molar-refractivity contribution < 1.29 is 53.4 Å². The van der Waals surface area contributed by atoms with Gasteiger partial charge in [-0.2, -0.15) is 0 Å².